The first-order chi connectivity index (χ1) is 12.0. The predicted molar refractivity (Wildman–Crippen MR) is 112 cm³/mol. The first-order valence-corrected chi connectivity index (χ1v) is 8.35. The molecule has 0 saturated heterocycles. The van der Waals surface area contributed by atoms with Crippen LogP contribution in [0.4, 0.5) is 0 Å². The first-order valence-electron chi connectivity index (χ1n) is 8.35. The minimum Gasteiger partial charge on any atom is -0.490 e. The topological polar surface area (TPSA) is 91.9 Å². The fraction of sp³-hybridized carbons (Fsp3) is 0.444. The van der Waals surface area contributed by atoms with Crippen LogP contribution in [0.25, 0.3) is 0 Å². The minimum absolute atomic E-state index is 0. The van der Waals surface area contributed by atoms with Gasteiger partial charge in [-0.05, 0) is 45.0 Å². The van der Waals surface area contributed by atoms with Crippen molar-refractivity contribution in [2.24, 2.45) is 4.99 Å². The number of nitrogens with zero attached hydrogens (tertiary/aromatic N) is 2. The summed E-state index contributed by atoms with van der Waals surface area (Å²) in [5.41, 5.74) is -1.16. The molecule has 0 fully saturated rings. The molecule has 1 atom stereocenters. The van der Waals surface area contributed by atoms with Crippen molar-refractivity contribution >= 4 is 29.9 Å². The number of aliphatic imine (C=N–C) groups is 1. The molecule has 0 aliphatic heterocycles. The first kappa shape index (κ1) is 22.2. The summed E-state index contributed by atoms with van der Waals surface area (Å²) >= 11 is 0. The van der Waals surface area contributed by atoms with Crippen LogP contribution in [0, 0.1) is 6.92 Å². The number of aromatic nitrogens is 1. The number of rotatable bonds is 8. The van der Waals surface area contributed by atoms with Crippen LogP contribution in [0.2, 0.25) is 0 Å². The molecule has 0 aliphatic carbocycles. The Bertz CT molecular complexity index is 674. The van der Waals surface area contributed by atoms with Crippen molar-refractivity contribution in [3.63, 3.8) is 0 Å². The van der Waals surface area contributed by atoms with Gasteiger partial charge < -0.3 is 24.9 Å². The average Bonchev–Trinajstić information content (AvgIpc) is 3.05. The summed E-state index contributed by atoms with van der Waals surface area (Å²) in [6.07, 6.45) is 3.37. The molecular weight excluding hydrogens is 447 g/mol. The average molecular weight is 474 g/mol. The van der Waals surface area contributed by atoms with E-state index in [-0.39, 0.29) is 30.5 Å². The smallest absolute Gasteiger partial charge is 0.191 e. The van der Waals surface area contributed by atoms with E-state index in [0.29, 0.717) is 24.9 Å². The van der Waals surface area contributed by atoms with Crippen molar-refractivity contribution in [1.29, 1.82) is 0 Å². The monoisotopic (exact) mass is 474 g/mol. The van der Waals surface area contributed by atoms with Crippen molar-refractivity contribution in [3.05, 3.63) is 48.2 Å². The Morgan fingerprint density at radius 2 is 2.15 bits per heavy atom. The number of pyridine rings is 1. The maximum absolute atomic E-state index is 10.5. The molecule has 3 N–H and O–H groups in total. The van der Waals surface area contributed by atoms with Gasteiger partial charge in [-0.3, -0.25) is 4.98 Å². The molecule has 2 heterocycles. The lowest BCUT2D eigenvalue weighted by atomic mass is 10.0. The molecule has 0 aromatic carbocycles. The number of hydrogen-bond donors (Lipinski definition) is 3. The van der Waals surface area contributed by atoms with Crippen molar-refractivity contribution in [2.45, 2.75) is 26.4 Å². The molecule has 0 aliphatic rings. The van der Waals surface area contributed by atoms with Crippen LogP contribution >= 0.6 is 24.0 Å². The van der Waals surface area contributed by atoms with Crippen LogP contribution in [0.1, 0.15) is 25.4 Å². The van der Waals surface area contributed by atoms with E-state index in [4.69, 9.17) is 9.15 Å². The van der Waals surface area contributed by atoms with E-state index < -0.39 is 5.60 Å². The van der Waals surface area contributed by atoms with Crippen molar-refractivity contribution in [3.8, 4) is 5.75 Å². The number of aliphatic hydroxyl groups is 1. The summed E-state index contributed by atoms with van der Waals surface area (Å²) in [7, 11) is 0. The molecule has 0 radical (unpaired) electrons. The van der Waals surface area contributed by atoms with Crippen LogP contribution in [-0.2, 0) is 5.60 Å². The highest BCUT2D eigenvalue weighted by molar-refractivity contribution is 14.0. The third-order valence-electron chi connectivity index (χ3n) is 3.46. The number of furan rings is 1. The highest BCUT2D eigenvalue weighted by Crippen LogP contribution is 2.22. The van der Waals surface area contributed by atoms with Gasteiger partial charge in [0.1, 0.15) is 29.5 Å². The van der Waals surface area contributed by atoms with Crippen LogP contribution < -0.4 is 15.4 Å². The number of aryl methyl sites for hydroxylation is 1. The van der Waals surface area contributed by atoms with E-state index in [1.165, 1.54) is 0 Å². The van der Waals surface area contributed by atoms with Gasteiger partial charge in [-0.1, -0.05) is 0 Å². The fourth-order valence-electron chi connectivity index (χ4n) is 2.15. The molecule has 0 bridgehead atoms. The van der Waals surface area contributed by atoms with Gasteiger partial charge in [0.2, 0.25) is 0 Å². The summed E-state index contributed by atoms with van der Waals surface area (Å²) in [4.78, 5) is 8.43. The normalized spacial score (nSPS) is 13.5. The third kappa shape index (κ3) is 7.20. The van der Waals surface area contributed by atoms with Crippen molar-refractivity contribution in [1.82, 2.24) is 15.6 Å². The Morgan fingerprint density at radius 3 is 2.77 bits per heavy atom. The van der Waals surface area contributed by atoms with E-state index in [0.717, 1.165) is 18.1 Å². The molecule has 0 saturated carbocycles. The van der Waals surface area contributed by atoms with Gasteiger partial charge in [0.15, 0.2) is 5.96 Å². The quantitative estimate of drug-likeness (QED) is 0.236. The van der Waals surface area contributed by atoms with E-state index in [1.807, 2.05) is 32.0 Å². The van der Waals surface area contributed by atoms with E-state index in [9.17, 15) is 5.11 Å². The molecule has 0 spiro atoms. The van der Waals surface area contributed by atoms with Crippen LogP contribution in [0.3, 0.4) is 0 Å². The van der Waals surface area contributed by atoms with E-state index in [1.54, 1.807) is 25.4 Å². The zero-order valence-corrected chi connectivity index (χ0v) is 17.7. The van der Waals surface area contributed by atoms with Gasteiger partial charge in [0.25, 0.3) is 0 Å². The van der Waals surface area contributed by atoms with Crippen molar-refractivity contribution < 1.29 is 14.3 Å². The van der Waals surface area contributed by atoms with Gasteiger partial charge in [-0.2, -0.15) is 0 Å². The largest absolute Gasteiger partial charge is 0.490 e. The van der Waals surface area contributed by atoms with E-state index >= 15 is 0 Å². The standard InChI is InChI=1S/C18H26N4O3.HI/c1-4-20-17(21-10-11-24-15-6-5-9-19-12-15)22-13-18(3,23)16-8-7-14(2)25-16;/h5-9,12,23H,4,10-11,13H2,1-3H3,(H2,20,21,22);1H. The Labute approximate surface area is 171 Å². The second kappa shape index (κ2) is 11.0. The summed E-state index contributed by atoms with van der Waals surface area (Å²) < 4.78 is 11.1. The number of halogens is 1. The number of ether oxygens (including phenoxy) is 1. The summed E-state index contributed by atoms with van der Waals surface area (Å²) in [6.45, 7) is 7.46. The molecular formula is C18H27IN4O3. The Kier molecular flexibility index (Phi) is 9.42. The number of hydrogen-bond acceptors (Lipinski definition) is 5. The zero-order valence-electron chi connectivity index (χ0n) is 15.4. The fourth-order valence-corrected chi connectivity index (χ4v) is 2.15. The molecule has 26 heavy (non-hydrogen) atoms. The molecule has 7 nitrogen and oxygen atoms in total. The minimum atomic E-state index is -1.16. The van der Waals surface area contributed by atoms with Crippen molar-refractivity contribution in [2.75, 3.05) is 26.2 Å². The van der Waals surface area contributed by atoms with Gasteiger partial charge >= 0.3 is 0 Å². The molecule has 2 rings (SSSR count). The zero-order chi connectivity index (χ0) is 18.1. The highest BCUT2D eigenvalue weighted by atomic mass is 127. The second-order valence-electron chi connectivity index (χ2n) is 5.84. The highest BCUT2D eigenvalue weighted by Gasteiger charge is 2.26. The molecule has 8 heteroatoms. The maximum atomic E-state index is 10.5. The number of nitrogens with one attached hydrogen (secondary N) is 2. The lowest BCUT2D eigenvalue weighted by Gasteiger charge is -2.19. The Hall–Kier alpha value is -1.81. The van der Waals surface area contributed by atoms with E-state index in [2.05, 4.69) is 20.6 Å². The van der Waals surface area contributed by atoms with Crippen LogP contribution in [-0.4, -0.2) is 42.3 Å². The van der Waals surface area contributed by atoms with Gasteiger partial charge in [0, 0.05) is 12.7 Å². The summed E-state index contributed by atoms with van der Waals surface area (Å²) in [6, 6.07) is 7.28. The predicted octanol–water partition coefficient (Wildman–Crippen LogP) is 2.44. The maximum Gasteiger partial charge on any atom is 0.191 e. The third-order valence-corrected chi connectivity index (χ3v) is 3.46. The Balaban J connectivity index is 0.00000338. The lowest BCUT2D eigenvalue weighted by Crippen LogP contribution is -2.40. The molecule has 1 unspecified atom stereocenters. The summed E-state index contributed by atoms with van der Waals surface area (Å²) in [5, 5.41) is 16.9. The van der Waals surface area contributed by atoms with Gasteiger partial charge in [-0.15, -0.1) is 24.0 Å². The van der Waals surface area contributed by atoms with Gasteiger partial charge in [-0.25, -0.2) is 4.99 Å². The van der Waals surface area contributed by atoms with Crippen LogP contribution in [0.15, 0.2) is 46.1 Å². The Morgan fingerprint density at radius 1 is 1.35 bits per heavy atom. The number of guanidine groups is 1. The van der Waals surface area contributed by atoms with Crippen LogP contribution in [0.5, 0.6) is 5.75 Å². The molecule has 2 aromatic heterocycles. The van der Waals surface area contributed by atoms with Gasteiger partial charge in [0.05, 0.1) is 19.3 Å². The second-order valence-corrected chi connectivity index (χ2v) is 5.84. The molecule has 144 valence electrons. The lowest BCUT2D eigenvalue weighted by molar-refractivity contribution is 0.0428. The molecule has 0 amide bonds. The molecule has 2 aromatic rings. The SMILES string of the molecule is CCNC(=NCC(C)(O)c1ccc(C)o1)NCCOc1cccnc1.I. The summed E-state index contributed by atoms with van der Waals surface area (Å²) in [5.74, 6) is 2.60.